The maximum atomic E-state index is 12.2. The predicted octanol–water partition coefficient (Wildman–Crippen LogP) is 0.344. The third-order valence-corrected chi connectivity index (χ3v) is 2.81. The average Bonchev–Trinajstić information content (AvgIpc) is 2.97. The van der Waals surface area contributed by atoms with Crippen LogP contribution in [0.2, 0.25) is 0 Å². The van der Waals surface area contributed by atoms with E-state index >= 15 is 0 Å². The summed E-state index contributed by atoms with van der Waals surface area (Å²) in [7, 11) is 4.02. The lowest BCUT2D eigenvalue weighted by atomic mass is 10.1. The van der Waals surface area contributed by atoms with Crippen molar-refractivity contribution in [3.8, 4) is 5.69 Å². The van der Waals surface area contributed by atoms with Gasteiger partial charge in [0, 0.05) is 6.54 Å². The number of aromatic nitrogens is 4. The molecule has 0 saturated heterocycles. The topological polar surface area (TPSA) is 75.9 Å². The van der Waals surface area contributed by atoms with Crippen LogP contribution in [0.25, 0.3) is 5.69 Å². The fourth-order valence-electron chi connectivity index (χ4n) is 1.83. The maximum absolute atomic E-state index is 12.2. The largest absolute Gasteiger partial charge is 0.352 e. The number of carbonyl (C=O) groups excluding carboxylic acids is 1. The molecule has 0 aliphatic carbocycles. The number of hydrogen-bond donors (Lipinski definition) is 1. The van der Waals surface area contributed by atoms with Crippen molar-refractivity contribution in [2.75, 3.05) is 27.2 Å². The molecule has 7 nitrogen and oxygen atoms in total. The summed E-state index contributed by atoms with van der Waals surface area (Å²) < 4.78 is 1.48. The van der Waals surface area contributed by atoms with Gasteiger partial charge in [-0.05, 0) is 49.6 Å². The molecule has 1 aromatic carbocycles. The van der Waals surface area contributed by atoms with Gasteiger partial charge in [-0.25, -0.2) is 0 Å². The van der Waals surface area contributed by atoms with Gasteiger partial charge in [0.25, 0.3) is 5.91 Å². The summed E-state index contributed by atoms with van der Waals surface area (Å²) in [5.41, 5.74) is 1.23. The van der Waals surface area contributed by atoms with E-state index in [1.807, 2.05) is 32.3 Å². The van der Waals surface area contributed by atoms with Crippen LogP contribution in [-0.4, -0.2) is 58.2 Å². The summed E-state index contributed by atoms with van der Waals surface area (Å²) in [6, 6.07) is 7.24. The SMILES string of the molecule is CN(C)CCCNC(=O)c1ccccc1-n1cnnn1. The lowest BCUT2D eigenvalue weighted by Gasteiger charge is -2.11. The molecule has 0 fully saturated rings. The predicted molar refractivity (Wildman–Crippen MR) is 74.7 cm³/mol. The summed E-state index contributed by atoms with van der Waals surface area (Å²) in [5.74, 6) is -0.116. The van der Waals surface area contributed by atoms with E-state index < -0.39 is 0 Å². The number of hydrogen-bond acceptors (Lipinski definition) is 5. The van der Waals surface area contributed by atoms with Crippen LogP contribution in [0.5, 0.6) is 0 Å². The van der Waals surface area contributed by atoms with Crippen molar-refractivity contribution in [3.05, 3.63) is 36.2 Å². The smallest absolute Gasteiger partial charge is 0.253 e. The van der Waals surface area contributed by atoms with Gasteiger partial charge in [-0.3, -0.25) is 4.79 Å². The first-order valence-electron chi connectivity index (χ1n) is 6.44. The second-order valence-corrected chi connectivity index (χ2v) is 4.68. The number of para-hydroxylation sites is 1. The van der Waals surface area contributed by atoms with Gasteiger partial charge >= 0.3 is 0 Å². The van der Waals surface area contributed by atoms with E-state index in [-0.39, 0.29) is 5.91 Å². The van der Waals surface area contributed by atoms with Gasteiger partial charge in [-0.1, -0.05) is 12.1 Å². The number of benzene rings is 1. The highest BCUT2D eigenvalue weighted by atomic mass is 16.1. The van der Waals surface area contributed by atoms with Crippen molar-refractivity contribution in [1.82, 2.24) is 30.4 Å². The third kappa shape index (κ3) is 3.61. The van der Waals surface area contributed by atoms with Gasteiger partial charge in [-0.15, -0.1) is 5.10 Å². The zero-order valence-electron chi connectivity index (χ0n) is 11.7. The van der Waals surface area contributed by atoms with E-state index in [0.717, 1.165) is 13.0 Å². The van der Waals surface area contributed by atoms with Crippen LogP contribution in [-0.2, 0) is 0 Å². The molecule has 0 atom stereocenters. The van der Waals surface area contributed by atoms with E-state index in [2.05, 4.69) is 25.7 Å². The minimum absolute atomic E-state index is 0.116. The molecule has 20 heavy (non-hydrogen) atoms. The quantitative estimate of drug-likeness (QED) is 0.769. The Balaban J connectivity index is 2.03. The first kappa shape index (κ1) is 14.1. The molecule has 7 heteroatoms. The molecule has 1 heterocycles. The van der Waals surface area contributed by atoms with E-state index in [0.29, 0.717) is 17.8 Å². The molecule has 2 aromatic rings. The average molecular weight is 274 g/mol. The maximum Gasteiger partial charge on any atom is 0.253 e. The molecule has 0 aliphatic rings. The van der Waals surface area contributed by atoms with Gasteiger partial charge in [0.15, 0.2) is 0 Å². The minimum atomic E-state index is -0.116. The van der Waals surface area contributed by atoms with Crippen molar-refractivity contribution < 1.29 is 4.79 Å². The first-order chi connectivity index (χ1) is 9.68. The van der Waals surface area contributed by atoms with Gasteiger partial charge in [-0.2, -0.15) is 4.68 Å². The lowest BCUT2D eigenvalue weighted by Crippen LogP contribution is -2.28. The van der Waals surface area contributed by atoms with E-state index in [9.17, 15) is 4.79 Å². The Bertz CT molecular complexity index is 552. The van der Waals surface area contributed by atoms with Crippen LogP contribution in [0.4, 0.5) is 0 Å². The lowest BCUT2D eigenvalue weighted by molar-refractivity contribution is 0.0952. The Morgan fingerprint density at radius 2 is 2.15 bits per heavy atom. The van der Waals surface area contributed by atoms with Gasteiger partial charge in [0.1, 0.15) is 6.33 Å². The molecule has 2 rings (SSSR count). The summed E-state index contributed by atoms with van der Waals surface area (Å²) in [6.45, 7) is 1.58. The standard InChI is InChI=1S/C13H18N6O/c1-18(2)9-5-8-14-13(20)11-6-3-4-7-12(11)19-10-15-16-17-19/h3-4,6-7,10H,5,8-9H2,1-2H3,(H,14,20). The van der Waals surface area contributed by atoms with Gasteiger partial charge < -0.3 is 10.2 Å². The van der Waals surface area contributed by atoms with Crippen LogP contribution < -0.4 is 5.32 Å². The molecular formula is C13H18N6O. The zero-order chi connectivity index (χ0) is 14.4. The molecule has 0 bridgehead atoms. The summed E-state index contributed by atoms with van der Waals surface area (Å²) in [4.78, 5) is 14.3. The minimum Gasteiger partial charge on any atom is -0.352 e. The highest BCUT2D eigenvalue weighted by Gasteiger charge is 2.12. The highest BCUT2D eigenvalue weighted by Crippen LogP contribution is 2.12. The second-order valence-electron chi connectivity index (χ2n) is 4.68. The number of amides is 1. The van der Waals surface area contributed by atoms with Crippen molar-refractivity contribution in [1.29, 1.82) is 0 Å². The summed E-state index contributed by atoms with van der Waals surface area (Å²) in [5, 5.41) is 13.9. The van der Waals surface area contributed by atoms with E-state index in [1.54, 1.807) is 6.07 Å². The molecule has 0 radical (unpaired) electrons. The molecule has 1 amide bonds. The normalized spacial score (nSPS) is 10.8. The number of carbonyl (C=O) groups is 1. The van der Waals surface area contributed by atoms with Crippen molar-refractivity contribution in [2.45, 2.75) is 6.42 Å². The Kier molecular flexibility index (Phi) is 4.78. The zero-order valence-corrected chi connectivity index (χ0v) is 11.7. The van der Waals surface area contributed by atoms with Crippen molar-refractivity contribution in [2.24, 2.45) is 0 Å². The molecular weight excluding hydrogens is 256 g/mol. The van der Waals surface area contributed by atoms with Gasteiger partial charge in [0.05, 0.1) is 11.3 Å². The van der Waals surface area contributed by atoms with Crippen LogP contribution in [0.1, 0.15) is 16.8 Å². The monoisotopic (exact) mass is 274 g/mol. The third-order valence-electron chi connectivity index (χ3n) is 2.81. The molecule has 0 aliphatic heterocycles. The molecule has 0 saturated carbocycles. The Morgan fingerprint density at radius 1 is 1.35 bits per heavy atom. The second kappa shape index (κ2) is 6.76. The van der Waals surface area contributed by atoms with Crippen molar-refractivity contribution in [3.63, 3.8) is 0 Å². The van der Waals surface area contributed by atoms with Crippen LogP contribution >= 0.6 is 0 Å². The molecule has 106 valence electrons. The van der Waals surface area contributed by atoms with Crippen molar-refractivity contribution >= 4 is 5.91 Å². The Hall–Kier alpha value is -2.28. The summed E-state index contributed by atoms with van der Waals surface area (Å²) >= 11 is 0. The first-order valence-corrected chi connectivity index (χ1v) is 6.44. The summed E-state index contributed by atoms with van der Waals surface area (Å²) in [6.07, 6.45) is 2.38. The number of nitrogens with zero attached hydrogens (tertiary/aromatic N) is 5. The fourth-order valence-corrected chi connectivity index (χ4v) is 1.83. The number of tetrazole rings is 1. The highest BCUT2D eigenvalue weighted by molar-refractivity contribution is 5.97. The molecule has 1 aromatic heterocycles. The van der Waals surface area contributed by atoms with Crippen LogP contribution in [0, 0.1) is 0 Å². The fraction of sp³-hybridized carbons (Fsp3) is 0.385. The van der Waals surface area contributed by atoms with Crippen LogP contribution in [0.3, 0.4) is 0 Å². The number of rotatable bonds is 6. The molecule has 0 unspecified atom stereocenters. The molecule has 0 spiro atoms. The molecule has 1 N–H and O–H groups in total. The van der Waals surface area contributed by atoms with Crippen LogP contribution in [0.15, 0.2) is 30.6 Å². The van der Waals surface area contributed by atoms with Gasteiger partial charge in [0.2, 0.25) is 0 Å². The Morgan fingerprint density at radius 3 is 2.85 bits per heavy atom. The Labute approximate surface area is 117 Å². The number of nitrogens with one attached hydrogen (secondary N) is 1. The van der Waals surface area contributed by atoms with E-state index in [4.69, 9.17) is 0 Å². The van der Waals surface area contributed by atoms with E-state index in [1.165, 1.54) is 11.0 Å².